The smallest absolute Gasteiger partial charge is 0.326 e. The van der Waals surface area contributed by atoms with E-state index >= 15 is 0 Å². The Morgan fingerprint density at radius 2 is 1.94 bits per heavy atom. The second-order valence-electron chi connectivity index (χ2n) is 3.46. The van der Waals surface area contributed by atoms with Crippen molar-refractivity contribution in [1.82, 2.24) is 10.2 Å². The zero-order valence-electron chi connectivity index (χ0n) is 9.77. The number of aliphatic hydroxyl groups excluding tert-OH is 1. The first-order valence-corrected chi connectivity index (χ1v) is 5.45. The number of hydrogen-bond donors (Lipinski definition) is 3. The molecule has 0 spiro atoms. The van der Waals surface area contributed by atoms with Crippen LogP contribution in [0.25, 0.3) is 0 Å². The molecule has 0 bridgehead atoms. The maximum absolute atomic E-state index is 11.6. The normalized spacial score (nSPS) is 11.9. The Hall–Kier alpha value is -1.30. The molecule has 0 aliphatic rings. The molecule has 0 saturated heterocycles. The second kappa shape index (κ2) is 7.92. The fraction of sp³-hybridized carbons (Fsp3) is 0.800. The number of carboxylic acid groups (broad SMARTS) is 1. The molecule has 0 saturated carbocycles. The van der Waals surface area contributed by atoms with E-state index in [1.807, 2.05) is 6.92 Å². The Bertz CT molecular complexity index is 227. The first kappa shape index (κ1) is 14.7. The molecule has 0 aliphatic carbocycles. The van der Waals surface area contributed by atoms with Gasteiger partial charge >= 0.3 is 12.0 Å². The number of rotatable bonds is 7. The number of hydrogen-bond acceptors (Lipinski definition) is 3. The summed E-state index contributed by atoms with van der Waals surface area (Å²) < 4.78 is 0. The molecule has 0 aliphatic heterocycles. The molecule has 0 aromatic carbocycles. The van der Waals surface area contributed by atoms with E-state index in [1.165, 1.54) is 4.90 Å². The topological polar surface area (TPSA) is 89.9 Å². The third-order valence-corrected chi connectivity index (χ3v) is 2.15. The van der Waals surface area contributed by atoms with Gasteiger partial charge in [0.2, 0.25) is 0 Å². The molecule has 0 rings (SSSR count). The average molecular weight is 232 g/mol. The fourth-order valence-corrected chi connectivity index (χ4v) is 1.28. The van der Waals surface area contributed by atoms with Gasteiger partial charge < -0.3 is 20.4 Å². The van der Waals surface area contributed by atoms with Crippen LogP contribution in [-0.2, 0) is 4.79 Å². The minimum absolute atomic E-state index is 0.128. The lowest BCUT2D eigenvalue weighted by Crippen LogP contribution is -2.48. The van der Waals surface area contributed by atoms with E-state index in [4.69, 9.17) is 10.2 Å². The first-order valence-electron chi connectivity index (χ1n) is 5.45. The van der Waals surface area contributed by atoms with Gasteiger partial charge in [-0.05, 0) is 12.8 Å². The first-order chi connectivity index (χ1) is 7.56. The lowest BCUT2D eigenvalue weighted by Gasteiger charge is -2.23. The summed E-state index contributed by atoms with van der Waals surface area (Å²) >= 11 is 0. The summed E-state index contributed by atoms with van der Waals surface area (Å²) in [7, 11) is 0. The lowest BCUT2D eigenvalue weighted by atomic mass is 10.2. The number of carbonyl (C=O) groups is 2. The third-order valence-electron chi connectivity index (χ3n) is 2.15. The Morgan fingerprint density at radius 3 is 2.31 bits per heavy atom. The Kier molecular flexibility index (Phi) is 7.28. The van der Waals surface area contributed by atoms with E-state index in [0.29, 0.717) is 13.0 Å². The summed E-state index contributed by atoms with van der Waals surface area (Å²) in [6, 6.07) is -1.31. The fourth-order valence-electron chi connectivity index (χ4n) is 1.28. The summed E-state index contributed by atoms with van der Waals surface area (Å²) in [6.07, 6.45) is 1.09. The predicted molar refractivity (Wildman–Crippen MR) is 59.2 cm³/mol. The van der Waals surface area contributed by atoms with Crippen LogP contribution in [0.5, 0.6) is 0 Å². The van der Waals surface area contributed by atoms with E-state index in [2.05, 4.69) is 5.32 Å². The average Bonchev–Trinajstić information content (AvgIpc) is 2.24. The van der Waals surface area contributed by atoms with Gasteiger partial charge in [-0.25, -0.2) is 9.59 Å². The highest BCUT2D eigenvalue weighted by molar-refractivity contribution is 5.82. The largest absolute Gasteiger partial charge is 0.480 e. The molecule has 0 aromatic rings. The molecule has 3 N–H and O–H groups in total. The van der Waals surface area contributed by atoms with Crippen LogP contribution in [-0.4, -0.2) is 52.9 Å². The Balaban J connectivity index is 4.32. The van der Waals surface area contributed by atoms with Crippen molar-refractivity contribution in [1.29, 1.82) is 0 Å². The molecular formula is C10H20N2O4. The van der Waals surface area contributed by atoms with Gasteiger partial charge in [0.15, 0.2) is 0 Å². The highest BCUT2D eigenvalue weighted by Crippen LogP contribution is 1.96. The van der Waals surface area contributed by atoms with Crippen LogP contribution in [0.1, 0.15) is 26.7 Å². The van der Waals surface area contributed by atoms with Gasteiger partial charge in [-0.2, -0.15) is 0 Å². The predicted octanol–water partition coefficient (Wildman–Crippen LogP) is 0.263. The number of urea groups is 1. The van der Waals surface area contributed by atoms with Gasteiger partial charge in [-0.1, -0.05) is 13.8 Å². The molecule has 16 heavy (non-hydrogen) atoms. The van der Waals surface area contributed by atoms with Gasteiger partial charge in [0.05, 0.1) is 6.61 Å². The van der Waals surface area contributed by atoms with Crippen molar-refractivity contribution in [3.63, 3.8) is 0 Å². The van der Waals surface area contributed by atoms with Gasteiger partial charge in [0.25, 0.3) is 0 Å². The third kappa shape index (κ3) is 4.97. The van der Waals surface area contributed by atoms with Crippen LogP contribution in [0.3, 0.4) is 0 Å². The highest BCUT2D eigenvalue weighted by atomic mass is 16.4. The number of carbonyl (C=O) groups excluding carboxylic acids is 1. The monoisotopic (exact) mass is 232 g/mol. The van der Waals surface area contributed by atoms with E-state index < -0.39 is 18.0 Å². The quantitative estimate of drug-likeness (QED) is 0.587. The van der Waals surface area contributed by atoms with E-state index in [1.54, 1.807) is 6.92 Å². The summed E-state index contributed by atoms with van der Waals surface area (Å²) in [5.74, 6) is -1.05. The lowest BCUT2D eigenvalue weighted by molar-refractivity contribution is -0.139. The zero-order chi connectivity index (χ0) is 12.6. The van der Waals surface area contributed by atoms with Crippen LogP contribution in [0.2, 0.25) is 0 Å². The van der Waals surface area contributed by atoms with Crippen molar-refractivity contribution in [3.8, 4) is 0 Å². The molecule has 0 radical (unpaired) electrons. The SMILES string of the molecule is CCCN(CCO)C(=O)N[C@@H](CC)C(=O)O. The van der Waals surface area contributed by atoms with Gasteiger partial charge in [-0.3, -0.25) is 0 Å². The van der Waals surface area contributed by atoms with Crippen LogP contribution in [0.15, 0.2) is 0 Å². The maximum Gasteiger partial charge on any atom is 0.326 e. The zero-order valence-corrected chi connectivity index (χ0v) is 9.77. The summed E-state index contributed by atoms with van der Waals surface area (Å²) in [6.45, 7) is 4.19. The van der Waals surface area contributed by atoms with Crippen molar-refractivity contribution >= 4 is 12.0 Å². The van der Waals surface area contributed by atoms with Crippen LogP contribution < -0.4 is 5.32 Å². The van der Waals surface area contributed by atoms with Crippen molar-refractivity contribution in [2.24, 2.45) is 0 Å². The number of amides is 2. The molecule has 6 nitrogen and oxygen atoms in total. The standard InChI is InChI=1S/C10H20N2O4/c1-3-5-12(6-7-13)10(16)11-8(4-2)9(14)15/h8,13H,3-7H2,1-2H3,(H,11,16)(H,14,15)/t8-/m0/s1. The molecule has 0 aromatic heterocycles. The van der Waals surface area contributed by atoms with Crippen LogP contribution >= 0.6 is 0 Å². The Labute approximate surface area is 95.2 Å². The maximum atomic E-state index is 11.6. The molecule has 6 heteroatoms. The van der Waals surface area contributed by atoms with Crippen molar-refractivity contribution < 1.29 is 19.8 Å². The minimum Gasteiger partial charge on any atom is -0.480 e. The van der Waals surface area contributed by atoms with Gasteiger partial charge in [0.1, 0.15) is 6.04 Å². The molecule has 2 amide bonds. The summed E-state index contributed by atoms with van der Waals surface area (Å²) in [4.78, 5) is 23.8. The molecule has 94 valence electrons. The van der Waals surface area contributed by atoms with E-state index in [9.17, 15) is 9.59 Å². The number of nitrogens with zero attached hydrogens (tertiary/aromatic N) is 1. The second-order valence-corrected chi connectivity index (χ2v) is 3.46. The van der Waals surface area contributed by atoms with Gasteiger partial charge in [0, 0.05) is 13.1 Å². The highest BCUT2D eigenvalue weighted by Gasteiger charge is 2.20. The molecule has 0 unspecified atom stereocenters. The van der Waals surface area contributed by atoms with Crippen molar-refractivity contribution in [2.75, 3.05) is 19.7 Å². The van der Waals surface area contributed by atoms with Gasteiger partial charge in [-0.15, -0.1) is 0 Å². The molecule has 1 atom stereocenters. The number of nitrogens with one attached hydrogen (secondary N) is 1. The van der Waals surface area contributed by atoms with Crippen molar-refractivity contribution in [2.45, 2.75) is 32.7 Å². The number of aliphatic carboxylic acids is 1. The minimum atomic E-state index is -1.05. The van der Waals surface area contributed by atoms with E-state index in [-0.39, 0.29) is 13.2 Å². The van der Waals surface area contributed by atoms with E-state index in [0.717, 1.165) is 6.42 Å². The van der Waals surface area contributed by atoms with Crippen LogP contribution in [0.4, 0.5) is 4.79 Å². The Morgan fingerprint density at radius 1 is 1.31 bits per heavy atom. The molecular weight excluding hydrogens is 212 g/mol. The molecule has 0 fully saturated rings. The van der Waals surface area contributed by atoms with Crippen LogP contribution in [0, 0.1) is 0 Å². The number of aliphatic hydroxyl groups is 1. The summed E-state index contributed by atoms with van der Waals surface area (Å²) in [5, 5.41) is 20.0. The van der Waals surface area contributed by atoms with Crippen molar-refractivity contribution in [3.05, 3.63) is 0 Å². The number of carboxylic acids is 1. The summed E-state index contributed by atoms with van der Waals surface area (Å²) in [5.41, 5.74) is 0. The molecule has 0 heterocycles.